The third-order valence-electron chi connectivity index (χ3n) is 2.80. The second kappa shape index (κ2) is 5.92. The number of hydrogen-bond acceptors (Lipinski definition) is 5. The zero-order chi connectivity index (χ0) is 12.3. The van der Waals surface area contributed by atoms with Crippen molar-refractivity contribution in [3.05, 3.63) is 0 Å². The molecule has 0 radical (unpaired) electrons. The molecule has 0 aromatic rings. The van der Waals surface area contributed by atoms with E-state index in [1.54, 1.807) is 0 Å². The van der Waals surface area contributed by atoms with Gasteiger partial charge in [0.05, 0.1) is 12.5 Å². The molecule has 1 heterocycles. The van der Waals surface area contributed by atoms with Crippen LogP contribution in [0.2, 0.25) is 0 Å². The number of aliphatic hydroxyl groups excluding tert-OH is 1. The van der Waals surface area contributed by atoms with Gasteiger partial charge in [0.15, 0.2) is 12.4 Å². The average molecular weight is 250 g/mol. The Kier molecular flexibility index (Phi) is 5.12. The SMILES string of the molecule is CC(=O)OC1[C@H](OCP)OC(C)[C@H](C)[C@@H]1O. The molecule has 1 aliphatic heterocycles. The Morgan fingerprint density at radius 2 is 2.12 bits per heavy atom. The summed E-state index contributed by atoms with van der Waals surface area (Å²) >= 11 is 0. The highest BCUT2D eigenvalue weighted by Crippen LogP contribution is 2.28. The summed E-state index contributed by atoms with van der Waals surface area (Å²) in [6, 6.07) is 0. The number of esters is 1. The molecule has 6 atom stereocenters. The van der Waals surface area contributed by atoms with Gasteiger partial charge in [0.1, 0.15) is 6.10 Å². The van der Waals surface area contributed by atoms with Crippen molar-refractivity contribution in [1.82, 2.24) is 0 Å². The van der Waals surface area contributed by atoms with E-state index in [-0.39, 0.29) is 12.0 Å². The van der Waals surface area contributed by atoms with Crippen molar-refractivity contribution in [3.8, 4) is 0 Å². The van der Waals surface area contributed by atoms with Gasteiger partial charge >= 0.3 is 5.97 Å². The molecule has 1 fully saturated rings. The summed E-state index contributed by atoms with van der Waals surface area (Å²) in [6.07, 6.45) is -2.01. The van der Waals surface area contributed by atoms with Crippen LogP contribution >= 0.6 is 9.24 Å². The summed E-state index contributed by atoms with van der Waals surface area (Å²) in [5, 5.41) is 10.0. The van der Waals surface area contributed by atoms with E-state index in [0.29, 0.717) is 6.35 Å². The van der Waals surface area contributed by atoms with E-state index in [9.17, 15) is 9.90 Å². The smallest absolute Gasteiger partial charge is 0.303 e. The Balaban J connectivity index is 2.75. The molecule has 1 N–H and O–H groups in total. The average Bonchev–Trinajstić information content (AvgIpc) is 2.21. The van der Waals surface area contributed by atoms with Crippen LogP contribution in [-0.4, -0.2) is 42.0 Å². The van der Waals surface area contributed by atoms with E-state index < -0.39 is 24.5 Å². The first-order chi connectivity index (χ1) is 7.47. The van der Waals surface area contributed by atoms with Crippen LogP contribution < -0.4 is 0 Å². The molecular formula is C10H19O5P. The molecule has 0 aromatic heterocycles. The summed E-state index contributed by atoms with van der Waals surface area (Å²) in [5.41, 5.74) is 0. The van der Waals surface area contributed by atoms with Crippen LogP contribution in [0.4, 0.5) is 0 Å². The Bertz CT molecular complexity index is 247. The third kappa shape index (κ3) is 3.14. The zero-order valence-corrected chi connectivity index (χ0v) is 10.9. The quantitative estimate of drug-likeness (QED) is 0.584. The fourth-order valence-electron chi connectivity index (χ4n) is 1.70. The molecule has 1 saturated heterocycles. The van der Waals surface area contributed by atoms with Crippen LogP contribution in [0.25, 0.3) is 0 Å². The summed E-state index contributed by atoms with van der Waals surface area (Å²) in [6.45, 7) is 5.01. The maximum atomic E-state index is 10.9. The minimum absolute atomic E-state index is 0.103. The molecule has 0 aromatic carbocycles. The summed E-state index contributed by atoms with van der Waals surface area (Å²) in [4.78, 5) is 10.9. The second-order valence-electron chi connectivity index (χ2n) is 3.97. The van der Waals surface area contributed by atoms with Gasteiger partial charge in [-0.1, -0.05) is 6.92 Å². The second-order valence-corrected chi connectivity index (χ2v) is 4.30. The van der Waals surface area contributed by atoms with Crippen LogP contribution in [0.5, 0.6) is 0 Å². The van der Waals surface area contributed by atoms with Gasteiger partial charge in [0, 0.05) is 12.8 Å². The van der Waals surface area contributed by atoms with E-state index in [0.717, 1.165) is 0 Å². The van der Waals surface area contributed by atoms with Crippen molar-refractivity contribution in [1.29, 1.82) is 0 Å². The standard InChI is InChI=1S/C10H19O5P/c1-5-6(2)14-10(13-4-16)9(8(5)12)15-7(3)11/h5-6,8-10,12H,4,16H2,1-3H3/t5-,6?,8-,9?,10+/m0/s1. The van der Waals surface area contributed by atoms with Crippen molar-refractivity contribution in [3.63, 3.8) is 0 Å². The fraction of sp³-hybridized carbons (Fsp3) is 0.900. The minimum atomic E-state index is -0.769. The molecule has 16 heavy (non-hydrogen) atoms. The highest BCUT2D eigenvalue weighted by molar-refractivity contribution is 7.16. The number of rotatable bonds is 3. The highest BCUT2D eigenvalue weighted by atomic mass is 31.0. The fourth-order valence-corrected chi connectivity index (χ4v) is 1.89. The van der Waals surface area contributed by atoms with Crippen molar-refractivity contribution in [2.24, 2.45) is 5.92 Å². The van der Waals surface area contributed by atoms with Gasteiger partial charge in [-0.25, -0.2) is 0 Å². The van der Waals surface area contributed by atoms with Crippen molar-refractivity contribution in [2.45, 2.75) is 45.4 Å². The van der Waals surface area contributed by atoms with Crippen LogP contribution in [0.3, 0.4) is 0 Å². The lowest BCUT2D eigenvalue weighted by Gasteiger charge is -2.41. The third-order valence-corrected chi connectivity index (χ3v) is 2.99. The maximum Gasteiger partial charge on any atom is 0.303 e. The van der Waals surface area contributed by atoms with E-state index in [2.05, 4.69) is 9.24 Å². The summed E-state index contributed by atoms with van der Waals surface area (Å²) in [7, 11) is 2.39. The molecule has 3 unspecified atom stereocenters. The van der Waals surface area contributed by atoms with E-state index in [4.69, 9.17) is 14.2 Å². The Morgan fingerprint density at radius 3 is 2.62 bits per heavy atom. The molecule has 5 nitrogen and oxygen atoms in total. The van der Waals surface area contributed by atoms with Gasteiger partial charge < -0.3 is 19.3 Å². The Labute approximate surface area is 97.6 Å². The molecule has 94 valence electrons. The topological polar surface area (TPSA) is 65.0 Å². The van der Waals surface area contributed by atoms with Gasteiger partial charge in [-0.2, -0.15) is 0 Å². The molecular weight excluding hydrogens is 231 g/mol. The van der Waals surface area contributed by atoms with Crippen molar-refractivity contribution in [2.75, 3.05) is 6.35 Å². The predicted octanol–water partition coefficient (Wildman–Crippen LogP) is 0.509. The van der Waals surface area contributed by atoms with Crippen LogP contribution in [-0.2, 0) is 19.0 Å². The van der Waals surface area contributed by atoms with E-state index >= 15 is 0 Å². The number of hydrogen-bond donors (Lipinski definition) is 1. The van der Waals surface area contributed by atoms with Crippen LogP contribution in [0.15, 0.2) is 0 Å². The molecule has 1 rings (SSSR count). The van der Waals surface area contributed by atoms with Crippen molar-refractivity contribution < 1.29 is 24.1 Å². The Morgan fingerprint density at radius 1 is 1.50 bits per heavy atom. The monoisotopic (exact) mass is 250 g/mol. The number of aliphatic hydroxyl groups is 1. The lowest BCUT2D eigenvalue weighted by molar-refractivity contribution is -0.279. The lowest BCUT2D eigenvalue weighted by Crippen LogP contribution is -2.55. The summed E-state index contributed by atoms with van der Waals surface area (Å²) < 4.78 is 15.9. The largest absolute Gasteiger partial charge is 0.454 e. The highest BCUT2D eigenvalue weighted by Gasteiger charge is 2.43. The maximum absolute atomic E-state index is 10.9. The normalized spacial score (nSPS) is 39.4. The van der Waals surface area contributed by atoms with Crippen LogP contribution in [0, 0.1) is 5.92 Å². The van der Waals surface area contributed by atoms with E-state index in [1.165, 1.54) is 6.92 Å². The van der Waals surface area contributed by atoms with Gasteiger partial charge in [0.25, 0.3) is 0 Å². The minimum Gasteiger partial charge on any atom is -0.454 e. The Hall–Kier alpha value is -0.220. The van der Waals surface area contributed by atoms with Gasteiger partial charge in [-0.15, -0.1) is 9.24 Å². The van der Waals surface area contributed by atoms with E-state index in [1.807, 2.05) is 13.8 Å². The molecule has 1 aliphatic rings. The number of ether oxygens (including phenoxy) is 3. The molecule has 0 aliphatic carbocycles. The molecule has 0 spiro atoms. The molecule has 0 bridgehead atoms. The first-order valence-electron chi connectivity index (χ1n) is 5.29. The zero-order valence-electron chi connectivity index (χ0n) is 9.75. The molecule has 0 saturated carbocycles. The van der Waals surface area contributed by atoms with Gasteiger partial charge in [-0.05, 0) is 6.92 Å². The first-order valence-corrected chi connectivity index (χ1v) is 6.11. The number of carbonyl (C=O) groups is 1. The number of carbonyl (C=O) groups excluding carboxylic acids is 1. The lowest BCUT2D eigenvalue weighted by atomic mass is 9.91. The summed E-state index contributed by atoms with van der Waals surface area (Å²) in [5.74, 6) is -0.555. The van der Waals surface area contributed by atoms with Crippen molar-refractivity contribution >= 4 is 15.2 Å². The van der Waals surface area contributed by atoms with Gasteiger partial charge in [-0.3, -0.25) is 4.79 Å². The first kappa shape index (κ1) is 13.8. The van der Waals surface area contributed by atoms with Crippen LogP contribution in [0.1, 0.15) is 20.8 Å². The molecule has 6 heteroatoms. The van der Waals surface area contributed by atoms with Gasteiger partial charge in [0.2, 0.25) is 0 Å². The molecule has 0 amide bonds. The predicted molar refractivity (Wildman–Crippen MR) is 60.7 cm³/mol.